The van der Waals surface area contributed by atoms with Crippen LogP contribution in [0.25, 0.3) is 0 Å². The standard InChI is InChI=1S/C14H12ClF3N2/c15-11-7-10(14(16,17)18)8-13(9-11)20-6-4-12-3-1-2-5-19-12/h1-3,5,7-9,20H,4,6H2. The van der Waals surface area contributed by atoms with Crippen LogP contribution in [0.5, 0.6) is 0 Å². The molecular weight excluding hydrogens is 289 g/mol. The molecule has 2 aromatic rings. The molecule has 6 heteroatoms. The number of nitrogens with one attached hydrogen (secondary N) is 1. The lowest BCUT2D eigenvalue weighted by Crippen LogP contribution is -2.09. The Bertz CT molecular complexity index is 570. The number of hydrogen-bond donors (Lipinski definition) is 1. The molecule has 2 rings (SSSR count). The van der Waals surface area contributed by atoms with E-state index in [1.54, 1.807) is 6.20 Å². The monoisotopic (exact) mass is 300 g/mol. The lowest BCUT2D eigenvalue weighted by Gasteiger charge is -2.11. The van der Waals surface area contributed by atoms with Gasteiger partial charge < -0.3 is 5.32 Å². The summed E-state index contributed by atoms with van der Waals surface area (Å²) in [6.45, 7) is 0.481. The molecule has 1 aromatic carbocycles. The predicted octanol–water partition coefficient (Wildman–Crippen LogP) is 4.41. The average Bonchev–Trinajstić information content (AvgIpc) is 2.38. The van der Waals surface area contributed by atoms with Crippen molar-refractivity contribution in [1.29, 1.82) is 0 Å². The summed E-state index contributed by atoms with van der Waals surface area (Å²) in [6.07, 6.45) is -2.10. The number of hydrogen-bond acceptors (Lipinski definition) is 2. The summed E-state index contributed by atoms with van der Waals surface area (Å²) < 4.78 is 37.9. The van der Waals surface area contributed by atoms with Gasteiger partial charge in [-0.05, 0) is 30.3 Å². The van der Waals surface area contributed by atoms with Crippen LogP contribution in [0.3, 0.4) is 0 Å². The molecule has 0 fully saturated rings. The highest BCUT2D eigenvalue weighted by Gasteiger charge is 2.31. The molecule has 0 atom stereocenters. The van der Waals surface area contributed by atoms with E-state index in [0.29, 0.717) is 18.7 Å². The van der Waals surface area contributed by atoms with E-state index in [2.05, 4.69) is 10.3 Å². The highest BCUT2D eigenvalue weighted by Crippen LogP contribution is 2.33. The number of aromatic nitrogens is 1. The van der Waals surface area contributed by atoms with Crippen molar-refractivity contribution in [3.63, 3.8) is 0 Å². The molecule has 106 valence electrons. The van der Waals surface area contributed by atoms with E-state index < -0.39 is 11.7 Å². The second kappa shape index (κ2) is 6.13. The van der Waals surface area contributed by atoms with Crippen LogP contribution in [-0.2, 0) is 12.6 Å². The van der Waals surface area contributed by atoms with Crippen LogP contribution in [0.1, 0.15) is 11.3 Å². The van der Waals surface area contributed by atoms with Gasteiger partial charge >= 0.3 is 6.18 Å². The summed E-state index contributed by atoms with van der Waals surface area (Å²) in [5.74, 6) is 0. The first kappa shape index (κ1) is 14.7. The van der Waals surface area contributed by atoms with Gasteiger partial charge in [0.2, 0.25) is 0 Å². The summed E-state index contributed by atoms with van der Waals surface area (Å²) in [5.41, 5.74) is 0.462. The Kier molecular flexibility index (Phi) is 4.49. The van der Waals surface area contributed by atoms with E-state index in [0.717, 1.165) is 17.8 Å². The molecule has 0 radical (unpaired) electrons. The van der Waals surface area contributed by atoms with Gasteiger partial charge in [-0.1, -0.05) is 17.7 Å². The summed E-state index contributed by atoms with van der Waals surface area (Å²) in [5, 5.41) is 2.98. The smallest absolute Gasteiger partial charge is 0.385 e. The minimum absolute atomic E-state index is 0.0557. The number of pyridine rings is 1. The van der Waals surface area contributed by atoms with Crippen molar-refractivity contribution in [2.24, 2.45) is 0 Å². The fourth-order valence-electron chi connectivity index (χ4n) is 1.74. The van der Waals surface area contributed by atoms with Crippen molar-refractivity contribution in [3.8, 4) is 0 Å². The molecule has 1 aromatic heterocycles. The maximum Gasteiger partial charge on any atom is 0.416 e. The average molecular weight is 301 g/mol. The Morgan fingerprint density at radius 1 is 1.15 bits per heavy atom. The highest BCUT2D eigenvalue weighted by molar-refractivity contribution is 6.30. The Labute approximate surface area is 119 Å². The lowest BCUT2D eigenvalue weighted by molar-refractivity contribution is -0.137. The van der Waals surface area contributed by atoms with Gasteiger partial charge in [-0.2, -0.15) is 13.2 Å². The largest absolute Gasteiger partial charge is 0.416 e. The van der Waals surface area contributed by atoms with Crippen molar-refractivity contribution < 1.29 is 13.2 Å². The second-order valence-corrected chi connectivity index (χ2v) is 4.66. The zero-order valence-corrected chi connectivity index (χ0v) is 11.2. The number of alkyl halides is 3. The van der Waals surface area contributed by atoms with Gasteiger partial charge in [-0.3, -0.25) is 4.98 Å². The minimum Gasteiger partial charge on any atom is -0.385 e. The fourth-order valence-corrected chi connectivity index (χ4v) is 1.97. The van der Waals surface area contributed by atoms with E-state index in [1.807, 2.05) is 18.2 Å². The van der Waals surface area contributed by atoms with Crippen molar-refractivity contribution in [2.45, 2.75) is 12.6 Å². The molecule has 1 heterocycles. The van der Waals surface area contributed by atoms with Crippen LogP contribution in [0.4, 0.5) is 18.9 Å². The Balaban J connectivity index is 2.01. The van der Waals surface area contributed by atoms with E-state index in [9.17, 15) is 13.2 Å². The van der Waals surface area contributed by atoms with Crippen LogP contribution in [0.2, 0.25) is 5.02 Å². The zero-order valence-electron chi connectivity index (χ0n) is 10.4. The van der Waals surface area contributed by atoms with Crippen molar-refractivity contribution in [2.75, 3.05) is 11.9 Å². The molecular formula is C14H12ClF3N2. The van der Waals surface area contributed by atoms with Gasteiger partial charge in [-0.25, -0.2) is 0 Å². The topological polar surface area (TPSA) is 24.9 Å². The normalized spacial score (nSPS) is 11.4. The molecule has 0 aliphatic rings. The van der Waals surface area contributed by atoms with E-state index >= 15 is 0 Å². The maximum absolute atomic E-state index is 12.6. The van der Waals surface area contributed by atoms with Crippen LogP contribution >= 0.6 is 11.6 Å². The summed E-state index contributed by atoms with van der Waals surface area (Å²) in [6, 6.07) is 8.96. The Morgan fingerprint density at radius 3 is 2.60 bits per heavy atom. The molecule has 0 aliphatic carbocycles. The summed E-state index contributed by atoms with van der Waals surface area (Å²) in [7, 11) is 0. The molecule has 0 unspecified atom stereocenters. The molecule has 2 nitrogen and oxygen atoms in total. The quantitative estimate of drug-likeness (QED) is 0.905. The molecule has 0 saturated carbocycles. The van der Waals surface area contributed by atoms with Gasteiger partial charge in [-0.15, -0.1) is 0 Å². The van der Waals surface area contributed by atoms with Crippen molar-refractivity contribution >= 4 is 17.3 Å². The number of benzene rings is 1. The first-order valence-electron chi connectivity index (χ1n) is 5.97. The highest BCUT2D eigenvalue weighted by atomic mass is 35.5. The van der Waals surface area contributed by atoms with Crippen LogP contribution in [-0.4, -0.2) is 11.5 Å². The lowest BCUT2D eigenvalue weighted by atomic mass is 10.2. The SMILES string of the molecule is FC(F)(F)c1cc(Cl)cc(NCCc2ccccn2)c1. The molecule has 20 heavy (non-hydrogen) atoms. The van der Waals surface area contributed by atoms with Crippen LogP contribution in [0.15, 0.2) is 42.6 Å². The first-order chi connectivity index (χ1) is 9.45. The van der Waals surface area contributed by atoms with E-state index in [4.69, 9.17) is 11.6 Å². The Morgan fingerprint density at radius 2 is 1.95 bits per heavy atom. The van der Waals surface area contributed by atoms with E-state index in [1.165, 1.54) is 6.07 Å². The van der Waals surface area contributed by atoms with Gasteiger partial charge in [0.15, 0.2) is 0 Å². The molecule has 0 saturated heterocycles. The van der Waals surface area contributed by atoms with Gasteiger partial charge in [0.25, 0.3) is 0 Å². The van der Waals surface area contributed by atoms with Gasteiger partial charge in [0, 0.05) is 35.6 Å². The summed E-state index contributed by atoms with van der Waals surface area (Å²) in [4.78, 5) is 4.14. The number of halogens is 4. The third-order valence-corrected chi connectivity index (χ3v) is 2.88. The van der Waals surface area contributed by atoms with Crippen LogP contribution in [0, 0.1) is 0 Å². The van der Waals surface area contributed by atoms with Crippen molar-refractivity contribution in [1.82, 2.24) is 4.98 Å². The van der Waals surface area contributed by atoms with Gasteiger partial charge in [0.1, 0.15) is 0 Å². The third-order valence-electron chi connectivity index (χ3n) is 2.66. The predicted molar refractivity (Wildman–Crippen MR) is 72.9 cm³/mol. The first-order valence-corrected chi connectivity index (χ1v) is 6.34. The number of rotatable bonds is 4. The fraction of sp³-hybridized carbons (Fsp3) is 0.214. The molecule has 0 aliphatic heterocycles. The molecule has 1 N–H and O–H groups in total. The molecule has 0 spiro atoms. The zero-order chi connectivity index (χ0) is 14.6. The number of nitrogens with zero attached hydrogens (tertiary/aromatic N) is 1. The second-order valence-electron chi connectivity index (χ2n) is 4.22. The molecule has 0 bridgehead atoms. The third kappa shape index (κ3) is 4.13. The van der Waals surface area contributed by atoms with E-state index in [-0.39, 0.29) is 5.02 Å². The minimum atomic E-state index is -4.40. The number of anilines is 1. The molecule has 0 amide bonds. The Hall–Kier alpha value is -1.75. The van der Waals surface area contributed by atoms with Crippen molar-refractivity contribution in [3.05, 3.63) is 58.9 Å². The van der Waals surface area contributed by atoms with Gasteiger partial charge in [0.05, 0.1) is 5.56 Å². The van der Waals surface area contributed by atoms with Crippen LogP contribution < -0.4 is 5.32 Å². The summed E-state index contributed by atoms with van der Waals surface area (Å²) >= 11 is 5.70. The maximum atomic E-state index is 12.6.